The monoisotopic (exact) mass is 409 g/mol. The summed E-state index contributed by atoms with van der Waals surface area (Å²) in [7, 11) is 0. The van der Waals surface area contributed by atoms with Crippen LogP contribution in [0.15, 0.2) is 12.1 Å². The lowest BCUT2D eigenvalue weighted by atomic mass is 10.3. The van der Waals surface area contributed by atoms with E-state index in [1.165, 1.54) is 6.07 Å². The van der Waals surface area contributed by atoms with E-state index in [-0.39, 0.29) is 23.6 Å². The molecule has 1 heterocycles. The molecule has 0 spiro atoms. The van der Waals surface area contributed by atoms with E-state index < -0.39 is 0 Å². The topological polar surface area (TPSA) is 46.9 Å². The van der Waals surface area contributed by atoms with Crippen molar-refractivity contribution in [3.63, 3.8) is 0 Å². The molecule has 0 bridgehead atoms. The van der Waals surface area contributed by atoms with Crippen molar-refractivity contribution in [3.05, 3.63) is 27.3 Å². The summed E-state index contributed by atoms with van der Waals surface area (Å²) in [5.41, 5.74) is 1.22. The smallest absolute Gasteiger partial charge is 0.239 e. The van der Waals surface area contributed by atoms with Crippen LogP contribution in [0.25, 0.3) is 11.0 Å². The van der Waals surface area contributed by atoms with Crippen molar-refractivity contribution in [1.29, 1.82) is 0 Å². The maximum Gasteiger partial charge on any atom is 0.239 e. The first kappa shape index (κ1) is 15.5. The second-order valence-corrected chi connectivity index (χ2v) is 6.20. The summed E-state index contributed by atoms with van der Waals surface area (Å²) in [6, 6.07) is 3.05. The summed E-state index contributed by atoms with van der Waals surface area (Å²) < 4.78 is 15.9. The average Bonchev–Trinajstić information content (AvgIpc) is 2.69. The van der Waals surface area contributed by atoms with Crippen LogP contribution in [0.4, 0.5) is 4.39 Å². The zero-order valence-corrected chi connectivity index (χ0v) is 14.0. The number of likely N-dealkylation sites (N-methyl/N-ethyl adjacent to an activating group) is 1. The first-order valence-corrected chi connectivity index (χ1v) is 7.71. The zero-order chi connectivity index (χ0) is 14.9. The van der Waals surface area contributed by atoms with Crippen molar-refractivity contribution in [3.8, 4) is 0 Å². The average molecular weight is 410 g/mol. The zero-order valence-electron chi connectivity index (χ0n) is 11.1. The number of nitrogens with one attached hydrogen (secondary N) is 1. The lowest BCUT2D eigenvalue weighted by Gasteiger charge is -2.10. The van der Waals surface area contributed by atoms with Gasteiger partial charge in [-0.3, -0.25) is 4.79 Å². The standard InChI is InChI=1S/C13H14ClFIN3O/c1-3-17-12(20)6-19-11-4-8(15)9(16)5-10(11)18-13(19)7(2)14/h4-5,7H,3,6H2,1-2H3,(H,17,20). The van der Waals surface area contributed by atoms with E-state index in [2.05, 4.69) is 10.3 Å². The van der Waals surface area contributed by atoms with Gasteiger partial charge in [-0.05, 0) is 42.5 Å². The van der Waals surface area contributed by atoms with Crippen LogP contribution in [0, 0.1) is 9.39 Å². The highest BCUT2D eigenvalue weighted by Crippen LogP contribution is 2.27. The Hall–Kier alpha value is -0.890. The molecule has 0 saturated carbocycles. The Balaban J connectivity index is 2.56. The van der Waals surface area contributed by atoms with Gasteiger partial charge in [-0.25, -0.2) is 9.37 Å². The third-order valence-electron chi connectivity index (χ3n) is 2.85. The van der Waals surface area contributed by atoms with Gasteiger partial charge in [0.1, 0.15) is 18.2 Å². The Morgan fingerprint density at radius 1 is 1.60 bits per heavy atom. The number of halogens is 3. The largest absolute Gasteiger partial charge is 0.355 e. The molecule has 0 radical (unpaired) electrons. The number of carbonyl (C=O) groups is 1. The summed E-state index contributed by atoms with van der Waals surface area (Å²) in [5, 5.41) is 2.35. The van der Waals surface area contributed by atoms with Crippen molar-refractivity contribution < 1.29 is 9.18 Å². The first-order valence-electron chi connectivity index (χ1n) is 6.20. The highest BCUT2D eigenvalue weighted by atomic mass is 127. The number of hydrogen-bond donors (Lipinski definition) is 1. The first-order chi connectivity index (χ1) is 9.43. The minimum absolute atomic E-state index is 0.0801. The van der Waals surface area contributed by atoms with Crippen LogP contribution in [0.1, 0.15) is 25.0 Å². The van der Waals surface area contributed by atoms with Crippen molar-refractivity contribution in [2.75, 3.05) is 6.54 Å². The van der Waals surface area contributed by atoms with Crippen molar-refractivity contribution >= 4 is 51.1 Å². The third kappa shape index (κ3) is 3.06. The van der Waals surface area contributed by atoms with Gasteiger partial charge in [-0.1, -0.05) is 0 Å². The quantitative estimate of drug-likeness (QED) is 0.623. The van der Waals surface area contributed by atoms with Crippen LogP contribution in [0.3, 0.4) is 0 Å². The summed E-state index contributed by atoms with van der Waals surface area (Å²) >= 11 is 8.02. The molecule has 1 N–H and O–H groups in total. The second-order valence-electron chi connectivity index (χ2n) is 4.38. The predicted molar refractivity (Wildman–Crippen MR) is 85.4 cm³/mol. The van der Waals surface area contributed by atoms with Gasteiger partial charge < -0.3 is 9.88 Å². The number of imidazole rings is 1. The Morgan fingerprint density at radius 3 is 2.90 bits per heavy atom. The van der Waals surface area contributed by atoms with Crippen molar-refractivity contribution in [2.45, 2.75) is 25.8 Å². The molecule has 1 amide bonds. The lowest BCUT2D eigenvalue weighted by Crippen LogP contribution is -2.27. The van der Waals surface area contributed by atoms with Crippen molar-refractivity contribution in [2.24, 2.45) is 0 Å². The van der Waals surface area contributed by atoms with E-state index in [0.29, 0.717) is 27.0 Å². The second kappa shape index (κ2) is 6.26. The molecule has 20 heavy (non-hydrogen) atoms. The Labute approximate surface area is 134 Å². The van der Waals surface area contributed by atoms with Gasteiger partial charge in [0.15, 0.2) is 0 Å². The lowest BCUT2D eigenvalue weighted by molar-refractivity contribution is -0.121. The minimum atomic E-state index is -0.363. The fourth-order valence-corrected chi connectivity index (χ4v) is 2.62. The number of hydrogen-bond acceptors (Lipinski definition) is 2. The summed E-state index contributed by atoms with van der Waals surface area (Å²) in [5.74, 6) is 0.0857. The van der Waals surface area contributed by atoms with E-state index in [1.807, 2.05) is 29.5 Å². The summed E-state index contributed by atoms with van der Waals surface area (Å²) in [6.45, 7) is 4.25. The minimum Gasteiger partial charge on any atom is -0.355 e. The fraction of sp³-hybridized carbons (Fsp3) is 0.385. The van der Waals surface area contributed by atoms with Gasteiger partial charge in [-0.2, -0.15) is 0 Å². The van der Waals surface area contributed by atoms with Gasteiger partial charge in [-0.15, -0.1) is 11.6 Å². The Bertz CT molecular complexity index is 657. The normalized spacial score (nSPS) is 12.7. The summed E-state index contributed by atoms with van der Waals surface area (Å²) in [4.78, 5) is 16.2. The number of rotatable bonds is 4. The van der Waals surface area contributed by atoms with Crippen molar-refractivity contribution in [1.82, 2.24) is 14.9 Å². The molecular formula is C13H14ClFIN3O. The number of nitrogens with zero attached hydrogens (tertiary/aromatic N) is 2. The fourth-order valence-electron chi connectivity index (χ4n) is 2.01. The number of fused-ring (bicyclic) bond motifs is 1. The van der Waals surface area contributed by atoms with Crippen LogP contribution in [-0.4, -0.2) is 22.0 Å². The van der Waals surface area contributed by atoms with Crippen LogP contribution in [0.2, 0.25) is 0 Å². The van der Waals surface area contributed by atoms with E-state index in [1.54, 1.807) is 17.6 Å². The Kier molecular flexibility index (Phi) is 4.85. The molecular weight excluding hydrogens is 396 g/mol. The predicted octanol–water partition coefficient (Wildman–Crippen LogP) is 3.22. The molecule has 0 saturated heterocycles. The van der Waals surface area contributed by atoms with E-state index in [9.17, 15) is 9.18 Å². The van der Waals surface area contributed by atoms with Crippen LogP contribution in [-0.2, 0) is 11.3 Å². The Morgan fingerprint density at radius 2 is 2.30 bits per heavy atom. The maximum atomic E-state index is 13.7. The number of aromatic nitrogens is 2. The molecule has 1 aromatic heterocycles. The maximum absolute atomic E-state index is 13.7. The van der Waals surface area contributed by atoms with E-state index in [4.69, 9.17) is 11.6 Å². The van der Waals surface area contributed by atoms with E-state index in [0.717, 1.165) is 0 Å². The van der Waals surface area contributed by atoms with Crippen LogP contribution in [0.5, 0.6) is 0 Å². The molecule has 0 aliphatic rings. The molecule has 1 atom stereocenters. The molecule has 2 aromatic rings. The molecule has 4 nitrogen and oxygen atoms in total. The SMILES string of the molecule is CCNC(=O)Cn1c(C(C)Cl)nc2cc(I)c(F)cc21. The van der Waals surface area contributed by atoms with Gasteiger partial charge in [0.2, 0.25) is 5.91 Å². The van der Waals surface area contributed by atoms with Gasteiger partial charge in [0.25, 0.3) is 0 Å². The van der Waals surface area contributed by atoms with Gasteiger partial charge in [0.05, 0.1) is 20.0 Å². The highest BCUT2D eigenvalue weighted by Gasteiger charge is 2.18. The van der Waals surface area contributed by atoms with Gasteiger partial charge in [0, 0.05) is 12.6 Å². The molecule has 0 fully saturated rings. The molecule has 108 valence electrons. The molecule has 1 aromatic carbocycles. The van der Waals surface area contributed by atoms with Gasteiger partial charge >= 0.3 is 0 Å². The van der Waals surface area contributed by atoms with E-state index >= 15 is 0 Å². The highest BCUT2D eigenvalue weighted by molar-refractivity contribution is 14.1. The number of amides is 1. The number of alkyl halides is 1. The molecule has 0 aliphatic heterocycles. The summed E-state index contributed by atoms with van der Waals surface area (Å²) in [6.07, 6.45) is 0. The number of benzene rings is 1. The third-order valence-corrected chi connectivity index (χ3v) is 3.87. The molecule has 1 unspecified atom stereocenters. The molecule has 0 aliphatic carbocycles. The van der Waals surface area contributed by atoms with Crippen LogP contribution >= 0.6 is 34.2 Å². The molecule has 7 heteroatoms. The molecule has 2 rings (SSSR count). The van der Waals surface area contributed by atoms with Crippen LogP contribution < -0.4 is 5.32 Å². The number of carbonyl (C=O) groups excluding carboxylic acids is 1.